The van der Waals surface area contributed by atoms with Gasteiger partial charge in [0, 0.05) is 18.7 Å². The van der Waals surface area contributed by atoms with Crippen molar-refractivity contribution < 1.29 is 4.79 Å². The van der Waals surface area contributed by atoms with E-state index in [9.17, 15) is 4.79 Å². The lowest BCUT2D eigenvalue weighted by molar-refractivity contribution is 0.0862. The van der Waals surface area contributed by atoms with Gasteiger partial charge in [0.1, 0.15) is 0 Å². The van der Waals surface area contributed by atoms with E-state index in [0.29, 0.717) is 0 Å². The van der Waals surface area contributed by atoms with Crippen LogP contribution in [0.15, 0.2) is 30.3 Å². The van der Waals surface area contributed by atoms with Gasteiger partial charge in [0.05, 0.1) is 6.04 Å². The first kappa shape index (κ1) is 13.9. The number of carbonyl (C=O) groups excluding carboxylic acids is 1. The topological polar surface area (TPSA) is 23.6 Å². The highest BCUT2D eigenvalue weighted by atomic mass is 16.1. The van der Waals surface area contributed by atoms with Gasteiger partial charge in [-0.1, -0.05) is 30.3 Å². The Morgan fingerprint density at radius 1 is 1.12 bits per heavy atom. The van der Waals surface area contributed by atoms with Crippen LogP contribution in [-0.4, -0.2) is 55.9 Å². The van der Waals surface area contributed by atoms with Crippen LogP contribution in [0.3, 0.4) is 0 Å². The van der Waals surface area contributed by atoms with Gasteiger partial charge < -0.3 is 4.90 Å². The molecule has 1 aromatic rings. The van der Waals surface area contributed by atoms with E-state index < -0.39 is 0 Å². The maximum absolute atomic E-state index is 12.2. The van der Waals surface area contributed by atoms with Gasteiger partial charge in [-0.2, -0.15) is 0 Å². The molecule has 94 valence electrons. The van der Waals surface area contributed by atoms with Crippen LogP contribution >= 0.6 is 0 Å². The molecule has 1 rings (SSSR count). The van der Waals surface area contributed by atoms with Crippen molar-refractivity contribution in [2.75, 3.05) is 34.2 Å². The SMILES string of the molecule is CC(C(=O)c1ccccc1)N(C)CCN(C)C. The molecule has 0 fully saturated rings. The van der Waals surface area contributed by atoms with Crippen LogP contribution in [0.5, 0.6) is 0 Å². The highest BCUT2D eigenvalue weighted by molar-refractivity contribution is 5.99. The summed E-state index contributed by atoms with van der Waals surface area (Å²) in [6.07, 6.45) is 0. The van der Waals surface area contributed by atoms with Gasteiger partial charge >= 0.3 is 0 Å². The zero-order valence-electron chi connectivity index (χ0n) is 11.2. The summed E-state index contributed by atoms with van der Waals surface area (Å²) in [6.45, 7) is 3.82. The van der Waals surface area contributed by atoms with Crippen LogP contribution in [0.25, 0.3) is 0 Å². The standard InChI is InChI=1S/C14H22N2O/c1-12(16(4)11-10-15(2)3)14(17)13-8-6-5-7-9-13/h5-9,12H,10-11H2,1-4H3. The zero-order valence-corrected chi connectivity index (χ0v) is 11.2. The predicted molar refractivity (Wildman–Crippen MR) is 71.4 cm³/mol. The molecular weight excluding hydrogens is 212 g/mol. The minimum absolute atomic E-state index is 0.0719. The monoisotopic (exact) mass is 234 g/mol. The predicted octanol–water partition coefficient (Wildman–Crippen LogP) is 1.75. The number of ketones is 1. The van der Waals surface area contributed by atoms with Crippen molar-refractivity contribution in [2.24, 2.45) is 0 Å². The Balaban J connectivity index is 2.57. The van der Waals surface area contributed by atoms with Crippen LogP contribution in [0.2, 0.25) is 0 Å². The Kier molecular flexibility index (Phi) is 5.32. The van der Waals surface area contributed by atoms with Crippen LogP contribution < -0.4 is 0 Å². The largest absolute Gasteiger partial charge is 0.308 e. The third-order valence-electron chi connectivity index (χ3n) is 3.00. The third kappa shape index (κ3) is 4.29. The van der Waals surface area contributed by atoms with Gasteiger partial charge in [0.2, 0.25) is 0 Å². The van der Waals surface area contributed by atoms with E-state index in [1.165, 1.54) is 0 Å². The number of hydrogen-bond acceptors (Lipinski definition) is 3. The van der Waals surface area contributed by atoms with E-state index in [1.807, 2.05) is 58.4 Å². The van der Waals surface area contributed by atoms with Gasteiger partial charge in [-0.3, -0.25) is 9.69 Å². The third-order valence-corrected chi connectivity index (χ3v) is 3.00. The summed E-state index contributed by atoms with van der Waals surface area (Å²) in [7, 11) is 6.07. The van der Waals surface area contributed by atoms with Crippen molar-refractivity contribution in [1.82, 2.24) is 9.80 Å². The van der Waals surface area contributed by atoms with Gasteiger partial charge in [0.15, 0.2) is 5.78 Å². The molecule has 1 aromatic carbocycles. The first-order valence-electron chi connectivity index (χ1n) is 5.96. The number of Topliss-reactive ketones (excluding diaryl/α,β-unsaturated/α-hetero) is 1. The number of hydrogen-bond donors (Lipinski definition) is 0. The molecule has 0 saturated heterocycles. The Morgan fingerprint density at radius 2 is 1.71 bits per heavy atom. The Bertz CT molecular complexity index is 348. The highest BCUT2D eigenvalue weighted by Crippen LogP contribution is 2.07. The Hall–Kier alpha value is -1.19. The molecule has 0 bridgehead atoms. The van der Waals surface area contributed by atoms with Crippen molar-refractivity contribution in [3.63, 3.8) is 0 Å². The van der Waals surface area contributed by atoms with Gasteiger partial charge in [-0.15, -0.1) is 0 Å². The van der Waals surface area contributed by atoms with E-state index >= 15 is 0 Å². The highest BCUT2D eigenvalue weighted by Gasteiger charge is 2.18. The molecular formula is C14H22N2O. The molecule has 1 atom stereocenters. The maximum atomic E-state index is 12.2. The van der Waals surface area contributed by atoms with E-state index in [1.54, 1.807) is 0 Å². The van der Waals surface area contributed by atoms with Crippen LogP contribution in [-0.2, 0) is 0 Å². The lowest BCUT2D eigenvalue weighted by atomic mass is 10.0. The fourth-order valence-corrected chi connectivity index (χ4v) is 1.60. The van der Waals surface area contributed by atoms with E-state index in [4.69, 9.17) is 0 Å². The molecule has 3 heteroatoms. The number of carbonyl (C=O) groups is 1. The van der Waals surface area contributed by atoms with E-state index in [0.717, 1.165) is 18.7 Å². The molecule has 0 saturated carbocycles. The lowest BCUT2D eigenvalue weighted by Gasteiger charge is -2.25. The molecule has 1 unspecified atom stereocenters. The first-order valence-corrected chi connectivity index (χ1v) is 5.96. The molecule has 0 N–H and O–H groups in total. The number of benzene rings is 1. The average Bonchev–Trinajstić information content (AvgIpc) is 2.35. The Morgan fingerprint density at radius 3 is 2.24 bits per heavy atom. The van der Waals surface area contributed by atoms with Crippen LogP contribution in [0.4, 0.5) is 0 Å². The molecule has 0 heterocycles. The van der Waals surface area contributed by atoms with Gasteiger partial charge in [-0.05, 0) is 28.1 Å². The summed E-state index contributed by atoms with van der Waals surface area (Å²) in [5.41, 5.74) is 0.789. The van der Waals surface area contributed by atoms with E-state index in [-0.39, 0.29) is 11.8 Å². The summed E-state index contributed by atoms with van der Waals surface area (Å²) in [5.74, 6) is 0.187. The second kappa shape index (κ2) is 6.52. The normalized spacial score (nSPS) is 13.1. The smallest absolute Gasteiger partial charge is 0.179 e. The summed E-state index contributed by atoms with van der Waals surface area (Å²) in [6, 6.07) is 9.41. The summed E-state index contributed by atoms with van der Waals surface area (Å²) in [4.78, 5) is 16.4. The summed E-state index contributed by atoms with van der Waals surface area (Å²) >= 11 is 0. The van der Waals surface area contributed by atoms with Crippen molar-refractivity contribution in [3.05, 3.63) is 35.9 Å². The number of rotatable bonds is 6. The number of nitrogens with zero attached hydrogens (tertiary/aromatic N) is 2. The van der Waals surface area contributed by atoms with Gasteiger partial charge in [-0.25, -0.2) is 0 Å². The van der Waals surface area contributed by atoms with Crippen molar-refractivity contribution >= 4 is 5.78 Å². The molecule has 3 nitrogen and oxygen atoms in total. The van der Waals surface area contributed by atoms with Crippen molar-refractivity contribution in [1.29, 1.82) is 0 Å². The minimum Gasteiger partial charge on any atom is -0.308 e. The molecule has 0 aliphatic carbocycles. The van der Waals surface area contributed by atoms with Gasteiger partial charge in [0.25, 0.3) is 0 Å². The molecule has 0 aliphatic rings. The molecule has 0 radical (unpaired) electrons. The summed E-state index contributed by atoms with van der Waals surface area (Å²) in [5, 5.41) is 0. The molecule has 0 spiro atoms. The number of likely N-dealkylation sites (N-methyl/N-ethyl adjacent to an activating group) is 2. The molecule has 0 aliphatic heterocycles. The quantitative estimate of drug-likeness (QED) is 0.701. The fraction of sp³-hybridized carbons (Fsp3) is 0.500. The minimum atomic E-state index is -0.0719. The molecule has 17 heavy (non-hydrogen) atoms. The molecule has 0 amide bonds. The lowest BCUT2D eigenvalue weighted by Crippen LogP contribution is -2.39. The van der Waals surface area contributed by atoms with E-state index in [2.05, 4.69) is 9.80 Å². The van der Waals surface area contributed by atoms with Crippen LogP contribution in [0, 0.1) is 0 Å². The summed E-state index contributed by atoms with van der Waals surface area (Å²) < 4.78 is 0. The maximum Gasteiger partial charge on any atom is 0.179 e. The Labute approximate surface area is 104 Å². The van der Waals surface area contributed by atoms with Crippen LogP contribution in [0.1, 0.15) is 17.3 Å². The van der Waals surface area contributed by atoms with Crippen molar-refractivity contribution in [2.45, 2.75) is 13.0 Å². The fourth-order valence-electron chi connectivity index (χ4n) is 1.60. The second-order valence-electron chi connectivity index (χ2n) is 4.69. The second-order valence-corrected chi connectivity index (χ2v) is 4.69. The zero-order chi connectivity index (χ0) is 12.8. The first-order chi connectivity index (χ1) is 8.02. The van der Waals surface area contributed by atoms with Crippen molar-refractivity contribution in [3.8, 4) is 0 Å². The average molecular weight is 234 g/mol. The molecule has 0 aromatic heterocycles.